The molecule has 1 aliphatic heterocycles. The first kappa shape index (κ1) is 13.7. The number of hydrogen-bond acceptors (Lipinski definition) is 3. The van der Waals surface area contributed by atoms with Gasteiger partial charge in [0.1, 0.15) is 5.75 Å². The Kier molecular flexibility index (Phi) is 4.87. The lowest BCUT2D eigenvalue weighted by molar-refractivity contribution is -0.00705. The summed E-state index contributed by atoms with van der Waals surface area (Å²) in [6, 6.07) is 5.84. The molecule has 0 amide bonds. The molecule has 1 fully saturated rings. The monoisotopic (exact) mass is 269 g/mol. The Labute approximate surface area is 113 Å². The highest BCUT2D eigenvalue weighted by atomic mass is 35.5. The third kappa shape index (κ3) is 2.97. The average Bonchev–Trinajstić information content (AvgIpc) is 2.41. The summed E-state index contributed by atoms with van der Waals surface area (Å²) in [4.78, 5) is 0. The van der Waals surface area contributed by atoms with E-state index in [1.54, 1.807) is 7.11 Å². The van der Waals surface area contributed by atoms with Crippen LogP contribution in [0.15, 0.2) is 18.2 Å². The molecule has 3 nitrogen and oxygen atoms in total. The molecule has 1 saturated heterocycles. The maximum absolute atomic E-state index is 6.09. The number of benzene rings is 1. The highest BCUT2D eigenvalue weighted by Gasteiger charge is 2.27. The van der Waals surface area contributed by atoms with Crippen LogP contribution in [0.3, 0.4) is 0 Å². The number of likely N-dealkylation sites (N-methyl/N-ethyl adjacent to an activating group) is 1. The topological polar surface area (TPSA) is 30.5 Å². The summed E-state index contributed by atoms with van der Waals surface area (Å²) in [5, 5.41) is 4.05. The van der Waals surface area contributed by atoms with Gasteiger partial charge < -0.3 is 14.8 Å². The first-order valence-electron chi connectivity index (χ1n) is 6.38. The molecule has 0 spiro atoms. The summed E-state index contributed by atoms with van der Waals surface area (Å²) in [5.41, 5.74) is 1.07. The average molecular weight is 270 g/mol. The molecule has 0 saturated carbocycles. The molecule has 1 aliphatic rings. The molecule has 1 aromatic rings. The van der Waals surface area contributed by atoms with Crippen molar-refractivity contribution in [1.29, 1.82) is 0 Å². The first-order chi connectivity index (χ1) is 8.76. The van der Waals surface area contributed by atoms with Crippen LogP contribution in [0.25, 0.3) is 0 Å². The van der Waals surface area contributed by atoms with Crippen LogP contribution in [0.1, 0.15) is 30.9 Å². The molecule has 1 heterocycles. The van der Waals surface area contributed by atoms with Gasteiger partial charge in [-0.05, 0) is 44.5 Å². The van der Waals surface area contributed by atoms with Gasteiger partial charge in [0.25, 0.3) is 0 Å². The molecule has 2 atom stereocenters. The van der Waals surface area contributed by atoms with E-state index in [1.807, 2.05) is 25.2 Å². The molecule has 0 radical (unpaired) electrons. The highest BCUT2D eigenvalue weighted by Crippen LogP contribution is 2.33. The number of rotatable bonds is 4. The van der Waals surface area contributed by atoms with Crippen molar-refractivity contribution < 1.29 is 9.47 Å². The van der Waals surface area contributed by atoms with E-state index in [0.717, 1.165) is 35.8 Å². The number of halogens is 1. The molecule has 18 heavy (non-hydrogen) atoms. The van der Waals surface area contributed by atoms with Gasteiger partial charge in [-0.3, -0.25) is 0 Å². The second-order valence-electron chi connectivity index (χ2n) is 4.56. The molecule has 100 valence electrons. The van der Waals surface area contributed by atoms with Gasteiger partial charge in [-0.1, -0.05) is 11.6 Å². The molecule has 1 aromatic carbocycles. The molecule has 0 aliphatic carbocycles. The summed E-state index contributed by atoms with van der Waals surface area (Å²) in [6.45, 7) is 0.839. The van der Waals surface area contributed by atoms with E-state index in [4.69, 9.17) is 21.1 Å². The van der Waals surface area contributed by atoms with Crippen LogP contribution in [-0.4, -0.2) is 26.9 Å². The quantitative estimate of drug-likeness (QED) is 0.911. The summed E-state index contributed by atoms with van der Waals surface area (Å²) in [7, 11) is 3.63. The van der Waals surface area contributed by atoms with Crippen LogP contribution in [0, 0.1) is 0 Å². The predicted molar refractivity (Wildman–Crippen MR) is 73.4 cm³/mol. The third-order valence-corrected chi connectivity index (χ3v) is 3.66. The fraction of sp³-hybridized carbons (Fsp3) is 0.571. The van der Waals surface area contributed by atoms with E-state index in [1.165, 1.54) is 6.42 Å². The fourth-order valence-electron chi connectivity index (χ4n) is 2.52. The second-order valence-corrected chi connectivity index (χ2v) is 4.99. The standard InChI is InChI=1S/C14H20ClNO2/c1-16-14(13-5-3-4-8-18-13)11-9-10(15)6-7-12(11)17-2/h6-7,9,13-14,16H,3-5,8H2,1-2H3. The lowest BCUT2D eigenvalue weighted by atomic mass is 9.95. The van der Waals surface area contributed by atoms with E-state index in [9.17, 15) is 0 Å². The molecule has 0 aromatic heterocycles. The molecule has 1 N–H and O–H groups in total. The summed E-state index contributed by atoms with van der Waals surface area (Å²) >= 11 is 6.09. The normalized spacial score (nSPS) is 21.6. The molecular formula is C14H20ClNO2. The predicted octanol–water partition coefficient (Wildman–Crippen LogP) is 3.18. The largest absolute Gasteiger partial charge is 0.496 e. The van der Waals surface area contributed by atoms with Crippen LogP contribution in [0.4, 0.5) is 0 Å². The van der Waals surface area contributed by atoms with Crippen molar-refractivity contribution in [1.82, 2.24) is 5.32 Å². The van der Waals surface area contributed by atoms with E-state index < -0.39 is 0 Å². The van der Waals surface area contributed by atoms with E-state index >= 15 is 0 Å². The Hall–Kier alpha value is -0.770. The van der Waals surface area contributed by atoms with Crippen molar-refractivity contribution in [3.8, 4) is 5.75 Å². The van der Waals surface area contributed by atoms with E-state index in [-0.39, 0.29) is 12.1 Å². The van der Waals surface area contributed by atoms with Gasteiger partial charge >= 0.3 is 0 Å². The van der Waals surface area contributed by atoms with Crippen LogP contribution in [0.5, 0.6) is 5.75 Å². The summed E-state index contributed by atoms with van der Waals surface area (Å²) in [5.74, 6) is 0.855. The van der Waals surface area contributed by atoms with Crippen molar-refractivity contribution in [2.45, 2.75) is 31.4 Å². The number of nitrogens with one attached hydrogen (secondary N) is 1. The van der Waals surface area contributed by atoms with E-state index in [0.29, 0.717) is 0 Å². The number of hydrogen-bond donors (Lipinski definition) is 1. The van der Waals surface area contributed by atoms with Crippen molar-refractivity contribution in [2.24, 2.45) is 0 Å². The number of ether oxygens (including phenoxy) is 2. The Balaban J connectivity index is 2.27. The zero-order chi connectivity index (χ0) is 13.0. The minimum Gasteiger partial charge on any atom is -0.496 e. The summed E-state index contributed by atoms with van der Waals surface area (Å²) < 4.78 is 11.3. The zero-order valence-electron chi connectivity index (χ0n) is 10.9. The van der Waals surface area contributed by atoms with Gasteiger partial charge in [-0.25, -0.2) is 0 Å². The Bertz CT molecular complexity index is 391. The number of methoxy groups -OCH3 is 1. The minimum atomic E-state index is 0.124. The second kappa shape index (κ2) is 6.41. The lowest BCUT2D eigenvalue weighted by Crippen LogP contribution is -2.34. The van der Waals surface area contributed by atoms with Crippen molar-refractivity contribution >= 4 is 11.6 Å². The van der Waals surface area contributed by atoms with Gasteiger partial charge in [0.15, 0.2) is 0 Å². The van der Waals surface area contributed by atoms with Gasteiger partial charge in [-0.2, -0.15) is 0 Å². The van der Waals surface area contributed by atoms with Crippen LogP contribution in [-0.2, 0) is 4.74 Å². The lowest BCUT2D eigenvalue weighted by Gasteiger charge is -2.31. The minimum absolute atomic E-state index is 0.124. The SMILES string of the molecule is CNC(c1cc(Cl)ccc1OC)C1CCCCO1. The van der Waals surface area contributed by atoms with Gasteiger partial charge in [0.2, 0.25) is 0 Å². The third-order valence-electron chi connectivity index (χ3n) is 3.42. The summed E-state index contributed by atoms with van der Waals surface area (Å²) in [6.07, 6.45) is 3.63. The smallest absolute Gasteiger partial charge is 0.123 e. The van der Waals surface area contributed by atoms with Crippen molar-refractivity contribution in [3.63, 3.8) is 0 Å². The molecule has 4 heteroatoms. The highest BCUT2D eigenvalue weighted by molar-refractivity contribution is 6.30. The van der Waals surface area contributed by atoms with Crippen LogP contribution < -0.4 is 10.1 Å². The molecule has 0 bridgehead atoms. The maximum atomic E-state index is 6.09. The van der Waals surface area contributed by atoms with Gasteiger partial charge in [0.05, 0.1) is 19.3 Å². The van der Waals surface area contributed by atoms with Crippen molar-refractivity contribution in [2.75, 3.05) is 20.8 Å². The van der Waals surface area contributed by atoms with Crippen LogP contribution >= 0.6 is 11.6 Å². The first-order valence-corrected chi connectivity index (χ1v) is 6.76. The molecular weight excluding hydrogens is 250 g/mol. The Morgan fingerprint density at radius 1 is 1.44 bits per heavy atom. The maximum Gasteiger partial charge on any atom is 0.123 e. The molecule has 2 unspecified atom stereocenters. The van der Waals surface area contributed by atoms with Crippen LogP contribution in [0.2, 0.25) is 5.02 Å². The van der Waals surface area contributed by atoms with Crippen molar-refractivity contribution in [3.05, 3.63) is 28.8 Å². The Morgan fingerprint density at radius 2 is 2.28 bits per heavy atom. The fourth-order valence-corrected chi connectivity index (χ4v) is 2.70. The van der Waals surface area contributed by atoms with E-state index in [2.05, 4.69) is 5.32 Å². The zero-order valence-corrected chi connectivity index (χ0v) is 11.7. The Morgan fingerprint density at radius 3 is 2.89 bits per heavy atom. The van der Waals surface area contributed by atoms with Gasteiger partial charge in [-0.15, -0.1) is 0 Å². The molecule has 2 rings (SSSR count). The van der Waals surface area contributed by atoms with Gasteiger partial charge in [0, 0.05) is 17.2 Å².